The number of aliphatic hydroxyl groups excluding tert-OH is 1. The highest BCUT2D eigenvalue weighted by Gasteiger charge is 2.12. The number of rotatable bonds is 4. The van der Waals surface area contributed by atoms with Crippen molar-refractivity contribution in [2.75, 3.05) is 0 Å². The fourth-order valence-corrected chi connectivity index (χ4v) is 2.67. The predicted octanol–water partition coefficient (Wildman–Crippen LogP) is 2.20. The minimum absolute atomic E-state index is 0.218. The fraction of sp³-hybridized carbons (Fsp3) is 0.250. The summed E-state index contributed by atoms with van der Waals surface area (Å²) in [6.07, 6.45) is 0.0160. The second-order valence-electron chi connectivity index (χ2n) is 3.71. The molecule has 0 radical (unpaired) electrons. The lowest BCUT2D eigenvalue weighted by molar-refractivity contribution is -0.118. The molecule has 1 heterocycles. The highest BCUT2D eigenvalue weighted by atomic mass is 32.1. The quantitative estimate of drug-likeness (QED) is 0.853. The summed E-state index contributed by atoms with van der Waals surface area (Å²) in [4.78, 5) is 11.5. The van der Waals surface area contributed by atoms with Crippen molar-refractivity contribution in [2.24, 2.45) is 5.73 Å². The number of primary amides is 1. The van der Waals surface area contributed by atoms with Gasteiger partial charge in [-0.25, -0.2) is 0 Å². The summed E-state index contributed by atoms with van der Waals surface area (Å²) in [6, 6.07) is 9.93. The monoisotopic (exact) mass is 235 g/mol. The summed E-state index contributed by atoms with van der Waals surface area (Å²) in [5.74, 6) is -0.375. The van der Waals surface area contributed by atoms with Gasteiger partial charge >= 0.3 is 0 Å². The van der Waals surface area contributed by atoms with Gasteiger partial charge < -0.3 is 10.8 Å². The zero-order valence-corrected chi connectivity index (χ0v) is 9.54. The van der Waals surface area contributed by atoms with Crippen molar-refractivity contribution < 1.29 is 9.90 Å². The maximum absolute atomic E-state index is 10.6. The molecule has 4 heteroatoms. The molecule has 3 N–H and O–H groups in total. The van der Waals surface area contributed by atoms with E-state index in [0.717, 1.165) is 15.0 Å². The molecule has 1 unspecified atom stereocenters. The summed E-state index contributed by atoms with van der Waals surface area (Å²) in [6.45, 7) is 0. The molecule has 2 aromatic rings. The van der Waals surface area contributed by atoms with Crippen molar-refractivity contribution >= 4 is 27.3 Å². The van der Waals surface area contributed by atoms with Gasteiger partial charge in [0.1, 0.15) is 0 Å². The maximum Gasteiger partial charge on any atom is 0.217 e. The highest BCUT2D eigenvalue weighted by Crippen LogP contribution is 2.31. The predicted molar refractivity (Wildman–Crippen MR) is 65.2 cm³/mol. The third kappa shape index (κ3) is 2.40. The first kappa shape index (κ1) is 11.1. The number of hydrogen-bond acceptors (Lipinski definition) is 3. The van der Waals surface area contributed by atoms with Crippen LogP contribution in [0, 0.1) is 0 Å². The van der Waals surface area contributed by atoms with E-state index in [1.54, 1.807) is 11.3 Å². The molecule has 84 valence electrons. The molecule has 0 saturated heterocycles. The molecule has 0 spiro atoms. The molecule has 16 heavy (non-hydrogen) atoms. The number of thiophene rings is 1. The molecule has 1 atom stereocenters. The van der Waals surface area contributed by atoms with Crippen molar-refractivity contribution in [3.63, 3.8) is 0 Å². The Morgan fingerprint density at radius 1 is 1.44 bits per heavy atom. The lowest BCUT2D eigenvalue weighted by atomic mass is 10.1. The van der Waals surface area contributed by atoms with E-state index in [4.69, 9.17) is 5.73 Å². The molecule has 0 fully saturated rings. The van der Waals surface area contributed by atoms with Crippen LogP contribution in [0.5, 0.6) is 0 Å². The van der Waals surface area contributed by atoms with Gasteiger partial charge in [0.25, 0.3) is 0 Å². The maximum atomic E-state index is 10.6. The first-order valence-corrected chi connectivity index (χ1v) is 5.93. The normalized spacial score (nSPS) is 12.8. The van der Waals surface area contributed by atoms with Gasteiger partial charge in [0.15, 0.2) is 0 Å². The Labute approximate surface area is 97.5 Å². The van der Waals surface area contributed by atoms with Gasteiger partial charge in [0, 0.05) is 16.0 Å². The molecule has 0 aliphatic carbocycles. The summed E-state index contributed by atoms with van der Waals surface area (Å²) < 4.78 is 1.15. The second-order valence-corrected chi connectivity index (χ2v) is 4.82. The third-order valence-corrected chi connectivity index (χ3v) is 3.65. The third-order valence-electron chi connectivity index (χ3n) is 2.44. The van der Waals surface area contributed by atoms with Crippen LogP contribution in [0.1, 0.15) is 23.8 Å². The van der Waals surface area contributed by atoms with E-state index >= 15 is 0 Å². The smallest absolute Gasteiger partial charge is 0.217 e. The van der Waals surface area contributed by atoms with Crippen LogP contribution in [-0.2, 0) is 4.79 Å². The van der Waals surface area contributed by atoms with Crippen LogP contribution in [0.4, 0.5) is 0 Å². The standard InChI is InChI=1S/C12H13NO2S/c13-12(15)6-5-9(14)11-7-8-3-1-2-4-10(8)16-11/h1-4,7,9,14H,5-6H2,(H2,13,15). The van der Waals surface area contributed by atoms with Crippen molar-refractivity contribution in [3.05, 3.63) is 35.2 Å². The molecule has 1 aromatic carbocycles. The van der Waals surface area contributed by atoms with Crippen LogP contribution in [0.15, 0.2) is 30.3 Å². The van der Waals surface area contributed by atoms with Crippen LogP contribution in [0.2, 0.25) is 0 Å². The first-order valence-electron chi connectivity index (χ1n) is 5.11. The second kappa shape index (κ2) is 4.63. The molecule has 0 aliphatic heterocycles. The van der Waals surface area contributed by atoms with Crippen molar-refractivity contribution in [1.82, 2.24) is 0 Å². The largest absolute Gasteiger partial charge is 0.388 e. The van der Waals surface area contributed by atoms with Gasteiger partial charge in [0.05, 0.1) is 6.10 Å². The minimum atomic E-state index is -0.593. The average Bonchev–Trinajstić information content (AvgIpc) is 2.69. The number of amides is 1. The molecule has 0 aliphatic rings. The molecule has 2 rings (SSSR count). The molecule has 0 saturated carbocycles. The number of hydrogen-bond donors (Lipinski definition) is 2. The summed E-state index contributed by atoms with van der Waals surface area (Å²) >= 11 is 1.55. The Balaban J connectivity index is 2.16. The van der Waals surface area contributed by atoms with E-state index < -0.39 is 6.10 Å². The number of benzene rings is 1. The van der Waals surface area contributed by atoms with Crippen molar-refractivity contribution in [1.29, 1.82) is 0 Å². The van der Waals surface area contributed by atoms with Gasteiger partial charge in [-0.05, 0) is 23.9 Å². The summed E-state index contributed by atoms with van der Waals surface area (Å²) in [7, 11) is 0. The van der Waals surface area contributed by atoms with Gasteiger partial charge in [0.2, 0.25) is 5.91 Å². The fourth-order valence-electron chi connectivity index (χ4n) is 1.59. The van der Waals surface area contributed by atoms with Gasteiger partial charge in [-0.15, -0.1) is 11.3 Å². The Hall–Kier alpha value is -1.39. The number of carbonyl (C=O) groups is 1. The topological polar surface area (TPSA) is 63.3 Å². The van der Waals surface area contributed by atoms with Crippen LogP contribution < -0.4 is 5.73 Å². The van der Waals surface area contributed by atoms with E-state index in [9.17, 15) is 9.90 Å². The lowest BCUT2D eigenvalue weighted by Gasteiger charge is -2.05. The molecule has 0 bridgehead atoms. The number of carbonyl (C=O) groups excluding carboxylic acids is 1. The Bertz CT molecular complexity index is 473. The lowest BCUT2D eigenvalue weighted by Crippen LogP contribution is -2.11. The van der Waals surface area contributed by atoms with Gasteiger partial charge in [-0.2, -0.15) is 0 Å². The Morgan fingerprint density at radius 2 is 2.19 bits per heavy atom. The molecule has 1 amide bonds. The number of fused-ring (bicyclic) bond motifs is 1. The molecular formula is C12H13NO2S. The van der Waals surface area contributed by atoms with Crippen molar-refractivity contribution in [2.45, 2.75) is 18.9 Å². The van der Waals surface area contributed by atoms with E-state index in [1.807, 2.05) is 30.3 Å². The Morgan fingerprint density at radius 3 is 2.88 bits per heavy atom. The van der Waals surface area contributed by atoms with E-state index in [-0.39, 0.29) is 12.3 Å². The Kier molecular flexibility index (Phi) is 3.22. The highest BCUT2D eigenvalue weighted by molar-refractivity contribution is 7.19. The zero-order chi connectivity index (χ0) is 11.5. The van der Waals surface area contributed by atoms with Crippen molar-refractivity contribution in [3.8, 4) is 0 Å². The van der Waals surface area contributed by atoms with Gasteiger partial charge in [-0.3, -0.25) is 4.79 Å². The first-order chi connectivity index (χ1) is 7.66. The van der Waals surface area contributed by atoms with Gasteiger partial charge in [-0.1, -0.05) is 18.2 Å². The average molecular weight is 235 g/mol. The van der Waals surface area contributed by atoms with Crippen LogP contribution in [0.3, 0.4) is 0 Å². The minimum Gasteiger partial charge on any atom is -0.388 e. The van der Waals surface area contributed by atoms with Crippen LogP contribution in [-0.4, -0.2) is 11.0 Å². The number of nitrogens with two attached hydrogens (primary N) is 1. The molecular weight excluding hydrogens is 222 g/mol. The molecule has 1 aromatic heterocycles. The zero-order valence-electron chi connectivity index (χ0n) is 8.72. The van der Waals surface area contributed by atoms with E-state index in [0.29, 0.717) is 6.42 Å². The number of aliphatic hydroxyl groups is 1. The molecule has 3 nitrogen and oxygen atoms in total. The summed E-state index contributed by atoms with van der Waals surface area (Å²) in [5.41, 5.74) is 5.05. The summed E-state index contributed by atoms with van der Waals surface area (Å²) in [5, 5.41) is 11.0. The van der Waals surface area contributed by atoms with Crippen LogP contribution in [0.25, 0.3) is 10.1 Å². The van der Waals surface area contributed by atoms with E-state index in [2.05, 4.69) is 0 Å². The van der Waals surface area contributed by atoms with Crippen LogP contribution >= 0.6 is 11.3 Å². The SMILES string of the molecule is NC(=O)CCC(O)c1cc2ccccc2s1. The van der Waals surface area contributed by atoms with E-state index in [1.165, 1.54) is 0 Å².